The van der Waals surface area contributed by atoms with Gasteiger partial charge in [0.1, 0.15) is 12.4 Å². The van der Waals surface area contributed by atoms with Crippen LogP contribution in [0.4, 0.5) is 4.39 Å². The van der Waals surface area contributed by atoms with Crippen LogP contribution >= 0.6 is 15.9 Å². The standard InChI is InChI=1S/C24H17BrFNO4/c1-29-22-12-16(7-10-21(22)30-14-15-5-8-18(25)9-6-15)11-20-24(28)31-23(27-20)17-3-2-4-19(26)13-17/h2-13H,14H2,1H3/b20-11-. The fourth-order valence-corrected chi connectivity index (χ4v) is 3.21. The second kappa shape index (κ2) is 9.14. The van der Waals surface area contributed by atoms with Gasteiger partial charge >= 0.3 is 5.97 Å². The molecule has 0 saturated heterocycles. The Morgan fingerprint density at radius 3 is 2.61 bits per heavy atom. The highest BCUT2D eigenvalue weighted by Crippen LogP contribution is 2.30. The number of halogens is 2. The van der Waals surface area contributed by atoms with E-state index in [1.54, 1.807) is 37.5 Å². The molecule has 31 heavy (non-hydrogen) atoms. The summed E-state index contributed by atoms with van der Waals surface area (Å²) in [4.78, 5) is 16.4. The maximum absolute atomic E-state index is 13.4. The summed E-state index contributed by atoms with van der Waals surface area (Å²) < 4.78 is 30.9. The Bertz CT molecular complexity index is 1190. The molecule has 0 fully saturated rings. The molecule has 1 aliphatic heterocycles. The number of hydrogen-bond donors (Lipinski definition) is 0. The van der Waals surface area contributed by atoms with E-state index in [9.17, 15) is 9.18 Å². The molecule has 0 radical (unpaired) electrons. The topological polar surface area (TPSA) is 57.1 Å². The minimum Gasteiger partial charge on any atom is -0.493 e. The minimum absolute atomic E-state index is 0.0668. The molecule has 0 spiro atoms. The lowest BCUT2D eigenvalue weighted by Crippen LogP contribution is -2.05. The SMILES string of the molecule is COc1cc(/C=C2\N=C(c3cccc(F)c3)OC2=O)ccc1OCc1ccc(Br)cc1. The van der Waals surface area contributed by atoms with E-state index in [-0.39, 0.29) is 11.6 Å². The molecule has 4 rings (SSSR count). The zero-order valence-electron chi connectivity index (χ0n) is 16.5. The van der Waals surface area contributed by atoms with Crippen molar-refractivity contribution in [1.29, 1.82) is 0 Å². The Balaban J connectivity index is 1.53. The third-order valence-electron chi connectivity index (χ3n) is 4.49. The third-order valence-corrected chi connectivity index (χ3v) is 5.02. The first kappa shape index (κ1) is 20.8. The highest BCUT2D eigenvalue weighted by Gasteiger charge is 2.24. The van der Waals surface area contributed by atoms with E-state index in [0.717, 1.165) is 10.0 Å². The summed E-state index contributed by atoms with van der Waals surface area (Å²) >= 11 is 3.41. The Kier molecular flexibility index (Phi) is 6.13. The summed E-state index contributed by atoms with van der Waals surface area (Å²) in [7, 11) is 1.54. The first-order valence-electron chi connectivity index (χ1n) is 9.35. The molecular formula is C24H17BrFNO4. The van der Waals surface area contributed by atoms with Gasteiger partial charge in [-0.2, -0.15) is 0 Å². The van der Waals surface area contributed by atoms with Crippen LogP contribution in [0.2, 0.25) is 0 Å². The molecule has 7 heteroatoms. The van der Waals surface area contributed by atoms with Crippen LogP contribution in [0.3, 0.4) is 0 Å². The Labute approximate surface area is 186 Å². The summed E-state index contributed by atoms with van der Waals surface area (Å²) in [5.41, 5.74) is 2.21. The molecule has 0 saturated carbocycles. The molecule has 5 nitrogen and oxygen atoms in total. The zero-order chi connectivity index (χ0) is 21.8. The largest absolute Gasteiger partial charge is 0.493 e. The lowest BCUT2D eigenvalue weighted by atomic mass is 10.1. The van der Waals surface area contributed by atoms with Crippen LogP contribution in [0, 0.1) is 5.82 Å². The van der Waals surface area contributed by atoms with Crippen LogP contribution in [0.1, 0.15) is 16.7 Å². The van der Waals surface area contributed by atoms with Gasteiger partial charge in [-0.25, -0.2) is 14.2 Å². The van der Waals surface area contributed by atoms with E-state index in [1.165, 1.54) is 18.2 Å². The van der Waals surface area contributed by atoms with Gasteiger partial charge in [0.2, 0.25) is 5.90 Å². The van der Waals surface area contributed by atoms with E-state index >= 15 is 0 Å². The molecule has 0 unspecified atom stereocenters. The van der Waals surface area contributed by atoms with Crippen LogP contribution < -0.4 is 9.47 Å². The monoisotopic (exact) mass is 481 g/mol. The molecule has 1 aliphatic rings. The van der Waals surface area contributed by atoms with Crippen molar-refractivity contribution in [2.24, 2.45) is 4.99 Å². The molecule has 0 bridgehead atoms. The molecule has 156 valence electrons. The number of esters is 1. The van der Waals surface area contributed by atoms with E-state index < -0.39 is 11.8 Å². The highest BCUT2D eigenvalue weighted by molar-refractivity contribution is 9.10. The number of hydrogen-bond acceptors (Lipinski definition) is 5. The van der Waals surface area contributed by atoms with Gasteiger partial charge in [-0.05, 0) is 59.7 Å². The van der Waals surface area contributed by atoms with Gasteiger partial charge in [-0.3, -0.25) is 0 Å². The number of rotatable bonds is 6. The van der Waals surface area contributed by atoms with Crippen molar-refractivity contribution < 1.29 is 23.4 Å². The van der Waals surface area contributed by atoms with Gasteiger partial charge in [-0.1, -0.05) is 40.2 Å². The first-order valence-corrected chi connectivity index (χ1v) is 10.1. The number of nitrogens with zero attached hydrogens (tertiary/aromatic N) is 1. The van der Waals surface area contributed by atoms with Gasteiger partial charge in [-0.15, -0.1) is 0 Å². The summed E-state index contributed by atoms with van der Waals surface area (Å²) in [6.45, 7) is 0.387. The smallest absolute Gasteiger partial charge is 0.363 e. The van der Waals surface area contributed by atoms with Crippen LogP contribution in [0.5, 0.6) is 11.5 Å². The fraction of sp³-hybridized carbons (Fsp3) is 0.0833. The number of ether oxygens (including phenoxy) is 3. The fourth-order valence-electron chi connectivity index (χ4n) is 2.95. The molecule has 1 heterocycles. The summed E-state index contributed by atoms with van der Waals surface area (Å²) in [5, 5.41) is 0. The lowest BCUT2D eigenvalue weighted by Gasteiger charge is -2.11. The number of cyclic esters (lactones) is 1. The average molecular weight is 482 g/mol. The molecule has 0 aromatic heterocycles. The van der Waals surface area contributed by atoms with Gasteiger partial charge in [0.05, 0.1) is 7.11 Å². The molecule has 3 aromatic rings. The van der Waals surface area contributed by atoms with Crippen molar-refractivity contribution in [1.82, 2.24) is 0 Å². The van der Waals surface area contributed by atoms with Gasteiger partial charge in [0.15, 0.2) is 17.2 Å². The summed E-state index contributed by atoms with van der Waals surface area (Å²) in [5.74, 6) is 0.126. The Morgan fingerprint density at radius 2 is 1.87 bits per heavy atom. The van der Waals surface area contributed by atoms with Gasteiger partial charge in [0.25, 0.3) is 0 Å². The second-order valence-electron chi connectivity index (χ2n) is 6.67. The molecular weight excluding hydrogens is 465 g/mol. The van der Waals surface area contributed by atoms with Crippen LogP contribution in [-0.4, -0.2) is 19.0 Å². The quantitative estimate of drug-likeness (QED) is 0.343. The normalized spacial score (nSPS) is 14.4. The molecule has 0 aliphatic carbocycles. The van der Waals surface area contributed by atoms with E-state index in [2.05, 4.69) is 20.9 Å². The second-order valence-corrected chi connectivity index (χ2v) is 7.59. The first-order chi connectivity index (χ1) is 15.0. The summed E-state index contributed by atoms with van der Waals surface area (Å²) in [6, 6.07) is 18.8. The van der Waals surface area contributed by atoms with Crippen molar-refractivity contribution in [2.45, 2.75) is 6.61 Å². The Hall–Kier alpha value is -3.45. The maximum atomic E-state index is 13.4. The number of aliphatic imine (C=N–C) groups is 1. The highest BCUT2D eigenvalue weighted by atomic mass is 79.9. The third kappa shape index (κ3) is 5.00. The van der Waals surface area contributed by atoms with Crippen molar-refractivity contribution in [3.05, 3.63) is 99.4 Å². The predicted molar refractivity (Wildman–Crippen MR) is 118 cm³/mol. The molecule has 3 aromatic carbocycles. The van der Waals surface area contributed by atoms with E-state index in [1.807, 2.05) is 24.3 Å². The van der Waals surface area contributed by atoms with Gasteiger partial charge < -0.3 is 14.2 Å². The van der Waals surface area contributed by atoms with Crippen LogP contribution in [0.15, 0.2) is 81.9 Å². The molecule has 0 N–H and O–H groups in total. The average Bonchev–Trinajstić information content (AvgIpc) is 3.14. The summed E-state index contributed by atoms with van der Waals surface area (Å²) in [6.07, 6.45) is 1.58. The van der Waals surface area contributed by atoms with Crippen molar-refractivity contribution in [3.63, 3.8) is 0 Å². The molecule has 0 amide bonds. The predicted octanol–water partition coefficient (Wildman–Crippen LogP) is 5.52. The number of benzene rings is 3. The van der Waals surface area contributed by atoms with Crippen molar-refractivity contribution >= 4 is 33.9 Å². The number of methoxy groups -OCH3 is 1. The lowest BCUT2D eigenvalue weighted by molar-refractivity contribution is -0.129. The zero-order valence-corrected chi connectivity index (χ0v) is 18.1. The van der Waals surface area contributed by atoms with Crippen molar-refractivity contribution in [2.75, 3.05) is 7.11 Å². The molecule has 0 atom stereocenters. The van der Waals surface area contributed by atoms with Crippen LogP contribution in [0.25, 0.3) is 6.08 Å². The van der Waals surface area contributed by atoms with Crippen LogP contribution in [-0.2, 0) is 16.1 Å². The Morgan fingerprint density at radius 1 is 1.06 bits per heavy atom. The van der Waals surface area contributed by atoms with Crippen molar-refractivity contribution in [3.8, 4) is 11.5 Å². The van der Waals surface area contributed by atoms with Gasteiger partial charge in [0, 0.05) is 10.0 Å². The van der Waals surface area contributed by atoms with E-state index in [4.69, 9.17) is 14.2 Å². The number of carbonyl (C=O) groups is 1. The minimum atomic E-state index is -0.603. The maximum Gasteiger partial charge on any atom is 0.363 e. The van der Waals surface area contributed by atoms with E-state index in [0.29, 0.717) is 29.2 Å². The number of carbonyl (C=O) groups excluding carboxylic acids is 1.